The summed E-state index contributed by atoms with van der Waals surface area (Å²) in [5.74, 6) is -0.788. The lowest BCUT2D eigenvalue weighted by Gasteiger charge is -2.35. The van der Waals surface area contributed by atoms with E-state index in [0.29, 0.717) is 13.0 Å². The quantitative estimate of drug-likeness (QED) is 0.815. The van der Waals surface area contributed by atoms with Crippen LogP contribution < -0.4 is 5.32 Å². The van der Waals surface area contributed by atoms with Crippen LogP contribution in [0.5, 0.6) is 0 Å². The van der Waals surface area contributed by atoms with Crippen LogP contribution in [0.25, 0.3) is 0 Å². The predicted octanol–water partition coefficient (Wildman–Crippen LogP) is 2.85. The number of urea groups is 1. The van der Waals surface area contributed by atoms with Crippen molar-refractivity contribution in [3.63, 3.8) is 0 Å². The number of carboxylic acid groups (broad SMARTS) is 1. The number of nitrogens with zero attached hydrogens (tertiary/aromatic N) is 1. The second kappa shape index (κ2) is 7.50. The highest BCUT2D eigenvalue weighted by Crippen LogP contribution is 2.21. The van der Waals surface area contributed by atoms with Gasteiger partial charge in [-0.05, 0) is 37.5 Å². The van der Waals surface area contributed by atoms with E-state index in [2.05, 4.69) is 26.1 Å². The normalized spacial score (nSPS) is 19.8. The first kappa shape index (κ1) is 16.8. The van der Waals surface area contributed by atoms with Crippen molar-refractivity contribution < 1.29 is 14.7 Å². The molecule has 1 aliphatic heterocycles. The lowest BCUT2D eigenvalue weighted by Crippen LogP contribution is -2.49. The van der Waals surface area contributed by atoms with Crippen LogP contribution in [0, 0.1) is 5.41 Å². The van der Waals surface area contributed by atoms with Crippen molar-refractivity contribution in [2.75, 3.05) is 13.1 Å². The van der Waals surface area contributed by atoms with Crippen molar-refractivity contribution in [2.45, 2.75) is 65.3 Å². The lowest BCUT2D eigenvalue weighted by atomic mass is 9.92. The molecule has 0 aromatic heterocycles. The number of aliphatic carboxylic acids is 1. The van der Waals surface area contributed by atoms with Crippen LogP contribution in [0.1, 0.15) is 59.3 Å². The minimum atomic E-state index is -0.788. The molecule has 20 heavy (non-hydrogen) atoms. The number of carbonyl (C=O) groups excluding carboxylic acids is 1. The van der Waals surface area contributed by atoms with Gasteiger partial charge in [0.05, 0.1) is 0 Å². The van der Waals surface area contributed by atoms with Crippen molar-refractivity contribution in [3.8, 4) is 0 Å². The molecular formula is C15H28N2O3. The number of hydrogen-bond acceptors (Lipinski definition) is 2. The summed E-state index contributed by atoms with van der Waals surface area (Å²) in [6, 6.07) is 0.0406. The average molecular weight is 284 g/mol. The summed E-state index contributed by atoms with van der Waals surface area (Å²) in [5, 5.41) is 11.7. The molecule has 1 heterocycles. The van der Waals surface area contributed by atoms with Gasteiger partial charge in [-0.2, -0.15) is 0 Å². The molecule has 1 unspecified atom stereocenters. The van der Waals surface area contributed by atoms with Crippen molar-refractivity contribution in [3.05, 3.63) is 0 Å². The van der Waals surface area contributed by atoms with Gasteiger partial charge in [0.15, 0.2) is 0 Å². The van der Waals surface area contributed by atoms with Gasteiger partial charge in [-0.15, -0.1) is 0 Å². The highest BCUT2D eigenvalue weighted by atomic mass is 16.4. The maximum atomic E-state index is 12.2. The third-order valence-electron chi connectivity index (χ3n) is 3.73. The van der Waals surface area contributed by atoms with Gasteiger partial charge >= 0.3 is 12.0 Å². The summed E-state index contributed by atoms with van der Waals surface area (Å²) in [6.45, 7) is 7.86. The Bertz CT molecular complexity index is 337. The molecule has 0 spiro atoms. The third kappa shape index (κ3) is 6.26. The molecule has 0 saturated carbocycles. The van der Waals surface area contributed by atoms with E-state index in [4.69, 9.17) is 5.11 Å². The summed E-state index contributed by atoms with van der Waals surface area (Å²) < 4.78 is 0. The highest BCUT2D eigenvalue weighted by molar-refractivity contribution is 5.74. The van der Waals surface area contributed by atoms with Crippen LogP contribution in [0.3, 0.4) is 0 Å². The van der Waals surface area contributed by atoms with E-state index in [-0.39, 0.29) is 23.9 Å². The van der Waals surface area contributed by atoms with Gasteiger partial charge in [0.1, 0.15) is 0 Å². The molecule has 0 radical (unpaired) electrons. The first-order valence-corrected chi connectivity index (χ1v) is 7.56. The maximum absolute atomic E-state index is 12.2. The van der Waals surface area contributed by atoms with Crippen molar-refractivity contribution in [1.29, 1.82) is 0 Å². The molecule has 116 valence electrons. The molecule has 1 fully saturated rings. The fraction of sp³-hybridized carbons (Fsp3) is 0.867. The predicted molar refractivity (Wildman–Crippen MR) is 78.7 cm³/mol. The van der Waals surface area contributed by atoms with E-state index in [9.17, 15) is 9.59 Å². The summed E-state index contributed by atoms with van der Waals surface area (Å²) >= 11 is 0. The van der Waals surface area contributed by atoms with Crippen molar-refractivity contribution in [1.82, 2.24) is 10.2 Å². The van der Waals surface area contributed by atoms with Gasteiger partial charge in [-0.1, -0.05) is 20.8 Å². The fourth-order valence-corrected chi connectivity index (χ4v) is 2.50. The molecule has 1 atom stereocenters. The monoisotopic (exact) mass is 284 g/mol. The number of piperidine rings is 1. The highest BCUT2D eigenvalue weighted by Gasteiger charge is 2.26. The van der Waals surface area contributed by atoms with Crippen LogP contribution in [0.15, 0.2) is 0 Å². The van der Waals surface area contributed by atoms with Crippen LogP contribution in [0.4, 0.5) is 4.79 Å². The topological polar surface area (TPSA) is 69.6 Å². The Balaban J connectivity index is 2.43. The largest absolute Gasteiger partial charge is 0.481 e. The smallest absolute Gasteiger partial charge is 0.317 e. The van der Waals surface area contributed by atoms with Crippen molar-refractivity contribution in [2.24, 2.45) is 5.41 Å². The Morgan fingerprint density at radius 2 is 2.00 bits per heavy atom. The molecule has 2 N–H and O–H groups in total. The van der Waals surface area contributed by atoms with Gasteiger partial charge in [-0.25, -0.2) is 4.79 Å². The Labute approximate surface area is 121 Å². The molecule has 0 aromatic rings. The number of nitrogens with one attached hydrogen (secondary N) is 1. The molecule has 0 aromatic carbocycles. The number of hydrogen-bond donors (Lipinski definition) is 2. The van der Waals surface area contributed by atoms with E-state index < -0.39 is 5.97 Å². The zero-order valence-electron chi connectivity index (χ0n) is 12.9. The summed E-state index contributed by atoms with van der Waals surface area (Å²) in [7, 11) is 0. The van der Waals surface area contributed by atoms with Crippen LogP contribution >= 0.6 is 0 Å². The zero-order chi connectivity index (χ0) is 15.2. The van der Waals surface area contributed by atoms with Crippen LogP contribution in [-0.2, 0) is 4.79 Å². The first-order chi connectivity index (χ1) is 9.29. The average Bonchev–Trinajstić information content (AvgIpc) is 2.35. The third-order valence-corrected chi connectivity index (χ3v) is 3.73. The van der Waals surface area contributed by atoms with E-state index in [1.165, 1.54) is 0 Å². The summed E-state index contributed by atoms with van der Waals surface area (Å²) in [5.41, 5.74) is 0.206. The number of carboxylic acids is 1. The minimum absolute atomic E-state index is 0.0376. The molecule has 1 saturated heterocycles. The Morgan fingerprint density at radius 3 is 2.60 bits per heavy atom. The second-order valence-electron chi connectivity index (χ2n) is 6.82. The Hall–Kier alpha value is -1.26. The Kier molecular flexibility index (Phi) is 6.30. The maximum Gasteiger partial charge on any atom is 0.317 e. The minimum Gasteiger partial charge on any atom is -0.481 e. The fourth-order valence-electron chi connectivity index (χ4n) is 2.50. The molecule has 2 amide bonds. The number of rotatable bonds is 5. The number of likely N-dealkylation sites (tertiary alicyclic amines) is 1. The lowest BCUT2D eigenvalue weighted by molar-refractivity contribution is -0.137. The van der Waals surface area contributed by atoms with Crippen LogP contribution in [0.2, 0.25) is 0 Å². The Morgan fingerprint density at radius 1 is 1.30 bits per heavy atom. The summed E-state index contributed by atoms with van der Waals surface area (Å²) in [6.07, 6.45) is 4.64. The molecule has 0 bridgehead atoms. The standard InChI is InChI=1S/C15H28N2O3/c1-15(2,3)9-10-16-14(20)17-11-5-4-6-12(17)7-8-13(18)19/h12H,4-11H2,1-3H3,(H,16,20)(H,18,19). The van der Waals surface area contributed by atoms with E-state index in [1.807, 2.05) is 4.90 Å². The molecule has 1 rings (SSSR count). The van der Waals surface area contributed by atoms with E-state index >= 15 is 0 Å². The second-order valence-corrected chi connectivity index (χ2v) is 6.82. The molecule has 5 nitrogen and oxygen atoms in total. The molecule has 1 aliphatic rings. The van der Waals surface area contributed by atoms with Gasteiger partial charge in [-0.3, -0.25) is 4.79 Å². The first-order valence-electron chi connectivity index (χ1n) is 7.56. The van der Waals surface area contributed by atoms with E-state index in [1.54, 1.807) is 0 Å². The molecule has 5 heteroatoms. The van der Waals surface area contributed by atoms with Crippen LogP contribution in [-0.4, -0.2) is 41.1 Å². The zero-order valence-corrected chi connectivity index (χ0v) is 12.9. The summed E-state index contributed by atoms with van der Waals surface area (Å²) in [4.78, 5) is 24.7. The van der Waals surface area contributed by atoms with Gasteiger partial charge in [0.25, 0.3) is 0 Å². The number of amides is 2. The van der Waals surface area contributed by atoms with Gasteiger partial charge in [0.2, 0.25) is 0 Å². The SMILES string of the molecule is CC(C)(C)CCNC(=O)N1CCCCC1CCC(=O)O. The molecule has 0 aliphatic carbocycles. The molecular weight excluding hydrogens is 256 g/mol. The number of carbonyl (C=O) groups is 2. The van der Waals surface area contributed by atoms with Gasteiger partial charge in [0, 0.05) is 25.6 Å². The van der Waals surface area contributed by atoms with Gasteiger partial charge < -0.3 is 15.3 Å². The van der Waals surface area contributed by atoms with Crippen molar-refractivity contribution >= 4 is 12.0 Å². The van der Waals surface area contributed by atoms with E-state index in [0.717, 1.165) is 32.2 Å².